The Morgan fingerprint density at radius 2 is 2.04 bits per heavy atom. The summed E-state index contributed by atoms with van der Waals surface area (Å²) in [7, 11) is 2.18. The summed E-state index contributed by atoms with van der Waals surface area (Å²) in [5.74, 6) is 1.83. The molecule has 28 heavy (non-hydrogen) atoms. The lowest BCUT2D eigenvalue weighted by molar-refractivity contribution is 0.0392. The third-order valence-corrected chi connectivity index (χ3v) is 5.11. The van der Waals surface area contributed by atoms with E-state index in [0.717, 1.165) is 50.9 Å². The van der Waals surface area contributed by atoms with Crippen molar-refractivity contribution < 1.29 is 9.47 Å². The molecule has 1 aromatic rings. The maximum absolute atomic E-state index is 5.98. The average molecular weight is 502 g/mol. The lowest BCUT2D eigenvalue weighted by atomic mass is 10.1. The van der Waals surface area contributed by atoms with Crippen LogP contribution in [0.1, 0.15) is 38.2 Å². The predicted octanol–water partition coefficient (Wildman–Crippen LogP) is 3.01. The lowest BCUT2D eigenvalue weighted by Gasteiger charge is -2.31. The van der Waals surface area contributed by atoms with E-state index in [1.807, 2.05) is 12.1 Å². The van der Waals surface area contributed by atoms with Crippen molar-refractivity contribution in [1.82, 2.24) is 15.5 Å². The van der Waals surface area contributed by atoms with Gasteiger partial charge in [0.2, 0.25) is 0 Å². The van der Waals surface area contributed by atoms with Gasteiger partial charge in [0, 0.05) is 38.4 Å². The van der Waals surface area contributed by atoms with Crippen molar-refractivity contribution in [2.24, 2.45) is 4.99 Å². The molecular weight excluding hydrogens is 467 g/mol. The van der Waals surface area contributed by atoms with E-state index in [2.05, 4.69) is 41.6 Å². The second-order valence-corrected chi connectivity index (χ2v) is 7.43. The van der Waals surface area contributed by atoms with Gasteiger partial charge in [0.1, 0.15) is 12.4 Å². The zero-order valence-corrected chi connectivity index (χ0v) is 19.5. The van der Waals surface area contributed by atoms with Gasteiger partial charge in [-0.25, -0.2) is 4.99 Å². The Labute approximate surface area is 186 Å². The smallest absolute Gasteiger partial charge is 0.191 e. The fourth-order valence-electron chi connectivity index (χ4n) is 3.26. The molecule has 1 aliphatic heterocycles. The second-order valence-electron chi connectivity index (χ2n) is 7.43. The predicted molar refractivity (Wildman–Crippen MR) is 125 cm³/mol. The molecule has 0 amide bonds. The number of nitrogens with one attached hydrogen (secondary N) is 2. The van der Waals surface area contributed by atoms with Gasteiger partial charge in [-0.05, 0) is 57.4 Å². The Hall–Kier alpha value is -1.06. The number of likely N-dealkylation sites (N-methyl/N-ethyl adjacent to an activating group) is 1. The van der Waals surface area contributed by atoms with Crippen LogP contribution in [0.25, 0.3) is 0 Å². The van der Waals surface area contributed by atoms with Crippen LogP contribution in [0.4, 0.5) is 0 Å². The number of guanidine groups is 1. The molecule has 6 nitrogen and oxygen atoms in total. The van der Waals surface area contributed by atoms with Crippen LogP contribution in [0.15, 0.2) is 29.3 Å². The molecule has 1 aliphatic carbocycles. The van der Waals surface area contributed by atoms with Crippen LogP contribution in [0.5, 0.6) is 5.75 Å². The lowest BCUT2D eigenvalue weighted by Crippen LogP contribution is -2.38. The summed E-state index contributed by atoms with van der Waals surface area (Å²) < 4.78 is 11.4. The molecule has 1 saturated carbocycles. The van der Waals surface area contributed by atoms with Gasteiger partial charge < -0.3 is 20.1 Å². The van der Waals surface area contributed by atoms with Crippen LogP contribution in [-0.2, 0) is 11.3 Å². The molecule has 1 aromatic carbocycles. The third kappa shape index (κ3) is 8.13. The summed E-state index contributed by atoms with van der Waals surface area (Å²) in [4.78, 5) is 7.09. The topological polar surface area (TPSA) is 58.1 Å². The fraction of sp³-hybridized carbons (Fsp3) is 0.667. The van der Waals surface area contributed by atoms with Crippen LogP contribution in [0.3, 0.4) is 0 Å². The molecule has 1 heterocycles. The number of ether oxygens (including phenoxy) is 2. The Morgan fingerprint density at radius 1 is 1.25 bits per heavy atom. The number of benzene rings is 1. The Bertz CT molecular complexity index is 604. The summed E-state index contributed by atoms with van der Waals surface area (Å²) in [5, 5.41) is 6.76. The van der Waals surface area contributed by atoms with Crippen LogP contribution in [0, 0.1) is 0 Å². The standard InChI is InChI=1S/C21H34N4O2.HI/c1-3-22-21(24-18-7-8-18)23-16-17-5-4-6-20(15-17)27-14-11-25(2)19-9-12-26-13-10-19;/h4-6,15,18-19H,3,7-14,16H2,1-2H3,(H2,22,23,24);1H. The first-order valence-electron chi connectivity index (χ1n) is 10.3. The molecule has 2 N–H and O–H groups in total. The first kappa shape index (κ1) is 23.2. The summed E-state index contributed by atoms with van der Waals surface area (Å²) in [6.07, 6.45) is 4.73. The first-order valence-corrected chi connectivity index (χ1v) is 10.3. The van der Waals surface area contributed by atoms with Crippen LogP contribution < -0.4 is 15.4 Å². The highest BCUT2D eigenvalue weighted by Gasteiger charge is 2.22. The van der Waals surface area contributed by atoms with Crippen LogP contribution in [0.2, 0.25) is 0 Å². The van der Waals surface area contributed by atoms with Crippen molar-refractivity contribution in [2.75, 3.05) is 40.0 Å². The molecule has 2 fully saturated rings. The number of halogens is 1. The summed E-state index contributed by atoms with van der Waals surface area (Å²) in [6.45, 7) is 7.01. The first-order chi connectivity index (χ1) is 13.2. The molecule has 0 spiro atoms. The minimum Gasteiger partial charge on any atom is -0.492 e. The van der Waals surface area contributed by atoms with Gasteiger partial charge >= 0.3 is 0 Å². The number of hydrogen-bond acceptors (Lipinski definition) is 4. The van der Waals surface area contributed by atoms with E-state index in [1.165, 1.54) is 18.4 Å². The van der Waals surface area contributed by atoms with Gasteiger partial charge in [0.25, 0.3) is 0 Å². The van der Waals surface area contributed by atoms with E-state index in [9.17, 15) is 0 Å². The average Bonchev–Trinajstić information content (AvgIpc) is 3.51. The van der Waals surface area contributed by atoms with Crippen LogP contribution in [-0.4, -0.2) is 62.9 Å². The van der Waals surface area contributed by atoms with E-state index >= 15 is 0 Å². The Kier molecular flexibility index (Phi) is 10.4. The number of aliphatic imine (C=N–C) groups is 1. The zero-order valence-electron chi connectivity index (χ0n) is 17.2. The zero-order chi connectivity index (χ0) is 18.9. The minimum absolute atomic E-state index is 0. The third-order valence-electron chi connectivity index (χ3n) is 5.11. The summed E-state index contributed by atoms with van der Waals surface area (Å²) in [6, 6.07) is 9.49. The molecular formula is C21H35IN4O2. The molecule has 0 aromatic heterocycles. The van der Waals surface area contributed by atoms with Gasteiger partial charge in [0.15, 0.2) is 5.96 Å². The van der Waals surface area contributed by atoms with Crippen molar-refractivity contribution in [3.05, 3.63) is 29.8 Å². The van der Waals surface area contributed by atoms with Crippen molar-refractivity contribution in [3.63, 3.8) is 0 Å². The highest BCUT2D eigenvalue weighted by molar-refractivity contribution is 14.0. The van der Waals surface area contributed by atoms with Gasteiger partial charge in [-0.15, -0.1) is 24.0 Å². The Morgan fingerprint density at radius 3 is 2.75 bits per heavy atom. The van der Waals surface area contributed by atoms with E-state index in [-0.39, 0.29) is 24.0 Å². The van der Waals surface area contributed by atoms with E-state index in [0.29, 0.717) is 25.2 Å². The maximum atomic E-state index is 5.98. The molecule has 0 bridgehead atoms. The normalized spacial score (nSPS) is 17.9. The van der Waals surface area contributed by atoms with E-state index < -0.39 is 0 Å². The molecule has 0 radical (unpaired) electrons. The fourth-order valence-corrected chi connectivity index (χ4v) is 3.26. The van der Waals surface area contributed by atoms with Crippen molar-refractivity contribution in [3.8, 4) is 5.75 Å². The number of hydrogen-bond donors (Lipinski definition) is 2. The molecule has 7 heteroatoms. The molecule has 0 atom stereocenters. The highest BCUT2D eigenvalue weighted by Crippen LogP contribution is 2.19. The summed E-state index contributed by atoms with van der Waals surface area (Å²) >= 11 is 0. The van der Waals surface area contributed by atoms with E-state index in [1.54, 1.807) is 0 Å². The molecule has 1 saturated heterocycles. The monoisotopic (exact) mass is 502 g/mol. The quantitative estimate of drug-likeness (QED) is 0.309. The van der Waals surface area contributed by atoms with Gasteiger partial charge in [-0.2, -0.15) is 0 Å². The molecule has 0 unspecified atom stereocenters. The van der Waals surface area contributed by atoms with Crippen LogP contribution >= 0.6 is 24.0 Å². The minimum atomic E-state index is 0. The number of nitrogens with zero attached hydrogens (tertiary/aromatic N) is 2. The van der Waals surface area contributed by atoms with E-state index in [4.69, 9.17) is 14.5 Å². The van der Waals surface area contributed by atoms with Gasteiger partial charge in [0.05, 0.1) is 6.54 Å². The Balaban J connectivity index is 0.00000280. The SMILES string of the molecule is CCNC(=NCc1cccc(OCCN(C)C2CCOCC2)c1)NC1CC1.I. The molecule has 158 valence electrons. The van der Waals surface area contributed by atoms with Crippen molar-refractivity contribution >= 4 is 29.9 Å². The van der Waals surface area contributed by atoms with Gasteiger partial charge in [-0.1, -0.05) is 12.1 Å². The molecule has 2 aliphatic rings. The molecule has 3 rings (SSSR count). The second kappa shape index (κ2) is 12.5. The van der Waals surface area contributed by atoms with Crippen molar-refractivity contribution in [1.29, 1.82) is 0 Å². The highest BCUT2D eigenvalue weighted by atomic mass is 127. The maximum Gasteiger partial charge on any atom is 0.191 e. The number of rotatable bonds is 9. The summed E-state index contributed by atoms with van der Waals surface area (Å²) in [5.41, 5.74) is 1.17. The largest absolute Gasteiger partial charge is 0.492 e. The van der Waals surface area contributed by atoms with Crippen molar-refractivity contribution in [2.45, 2.75) is 51.2 Å². The van der Waals surface area contributed by atoms with Gasteiger partial charge in [-0.3, -0.25) is 4.90 Å².